The largest absolute Gasteiger partial charge is 0.390 e. The van der Waals surface area contributed by atoms with E-state index in [-0.39, 0.29) is 11.6 Å². The molecular formula is C20H24ClN3O2. The van der Waals surface area contributed by atoms with Crippen molar-refractivity contribution in [1.82, 2.24) is 14.5 Å². The fourth-order valence-electron chi connectivity index (χ4n) is 3.19. The maximum absolute atomic E-state index is 12.6. The molecule has 0 aliphatic rings. The molecule has 138 valence electrons. The van der Waals surface area contributed by atoms with E-state index in [2.05, 4.69) is 16.9 Å². The van der Waals surface area contributed by atoms with Crippen LogP contribution in [0.1, 0.15) is 46.1 Å². The lowest BCUT2D eigenvalue weighted by atomic mass is 9.99. The van der Waals surface area contributed by atoms with E-state index in [4.69, 9.17) is 11.6 Å². The van der Waals surface area contributed by atoms with Gasteiger partial charge in [-0.15, -0.1) is 0 Å². The van der Waals surface area contributed by atoms with E-state index < -0.39 is 5.60 Å². The van der Waals surface area contributed by atoms with Gasteiger partial charge >= 0.3 is 0 Å². The zero-order chi connectivity index (χ0) is 18.9. The number of halogens is 1. The second-order valence-electron chi connectivity index (χ2n) is 7.46. The lowest BCUT2D eigenvalue weighted by molar-refractivity contribution is 0.0672. The van der Waals surface area contributed by atoms with Gasteiger partial charge in [0.25, 0.3) is 5.56 Å². The van der Waals surface area contributed by atoms with E-state index in [9.17, 15) is 9.90 Å². The highest BCUT2D eigenvalue weighted by Gasteiger charge is 2.17. The van der Waals surface area contributed by atoms with Crippen molar-refractivity contribution in [3.63, 3.8) is 0 Å². The summed E-state index contributed by atoms with van der Waals surface area (Å²) < 4.78 is 2.02. The number of imidazole rings is 1. The third-order valence-corrected chi connectivity index (χ3v) is 4.84. The van der Waals surface area contributed by atoms with Crippen molar-refractivity contribution in [1.29, 1.82) is 0 Å². The van der Waals surface area contributed by atoms with Crippen LogP contribution in [0.2, 0.25) is 5.02 Å². The molecule has 0 aliphatic carbocycles. The van der Waals surface area contributed by atoms with Crippen LogP contribution in [-0.4, -0.2) is 25.2 Å². The molecule has 0 fully saturated rings. The third kappa shape index (κ3) is 4.17. The average molecular weight is 374 g/mol. The van der Waals surface area contributed by atoms with Gasteiger partial charge < -0.3 is 14.7 Å². The molecule has 2 aromatic heterocycles. The Morgan fingerprint density at radius 3 is 2.85 bits per heavy atom. The molecule has 1 aromatic carbocycles. The number of aromatic amines is 1. The summed E-state index contributed by atoms with van der Waals surface area (Å²) in [6.07, 6.45) is 6.14. The minimum absolute atomic E-state index is 0.176. The first-order chi connectivity index (χ1) is 12.2. The monoisotopic (exact) mass is 373 g/mol. The third-order valence-electron chi connectivity index (χ3n) is 4.60. The summed E-state index contributed by atoms with van der Waals surface area (Å²) in [5.41, 5.74) is 0.409. The van der Waals surface area contributed by atoms with Crippen LogP contribution in [-0.2, 0) is 0 Å². The molecule has 1 atom stereocenters. The van der Waals surface area contributed by atoms with Crippen molar-refractivity contribution in [2.75, 3.05) is 0 Å². The quantitative estimate of drug-likeness (QED) is 0.666. The Bertz CT molecular complexity index is 969. The minimum Gasteiger partial charge on any atom is -0.390 e. The van der Waals surface area contributed by atoms with E-state index in [0.717, 1.165) is 24.6 Å². The van der Waals surface area contributed by atoms with Gasteiger partial charge in [0.2, 0.25) is 0 Å². The Hall–Kier alpha value is -2.11. The number of fused-ring (bicyclic) bond motifs is 1. The van der Waals surface area contributed by atoms with E-state index >= 15 is 0 Å². The number of rotatable bonds is 6. The highest BCUT2D eigenvalue weighted by molar-refractivity contribution is 6.31. The summed E-state index contributed by atoms with van der Waals surface area (Å²) in [4.78, 5) is 19.9. The molecule has 0 amide bonds. The van der Waals surface area contributed by atoms with Crippen molar-refractivity contribution in [2.45, 2.75) is 51.7 Å². The normalized spacial score (nSPS) is 13.3. The molecule has 0 saturated heterocycles. The molecule has 2 N–H and O–H groups in total. The predicted molar refractivity (Wildman–Crippen MR) is 106 cm³/mol. The maximum atomic E-state index is 12.6. The average Bonchev–Trinajstić information content (AvgIpc) is 3.02. The van der Waals surface area contributed by atoms with Gasteiger partial charge in [-0.25, -0.2) is 4.98 Å². The molecule has 3 aromatic rings. The first-order valence-electron chi connectivity index (χ1n) is 8.83. The van der Waals surface area contributed by atoms with Crippen molar-refractivity contribution in [2.24, 2.45) is 0 Å². The second kappa shape index (κ2) is 7.25. The molecule has 6 heteroatoms. The first-order valence-corrected chi connectivity index (χ1v) is 9.20. The van der Waals surface area contributed by atoms with Crippen molar-refractivity contribution in [3.8, 4) is 11.4 Å². The summed E-state index contributed by atoms with van der Waals surface area (Å²) in [7, 11) is 0. The molecule has 26 heavy (non-hydrogen) atoms. The Kier molecular flexibility index (Phi) is 5.21. The zero-order valence-electron chi connectivity index (χ0n) is 15.3. The fraction of sp³-hybridized carbons (Fsp3) is 0.400. The number of H-pyrrole nitrogens is 1. The highest BCUT2D eigenvalue weighted by Crippen LogP contribution is 2.25. The van der Waals surface area contributed by atoms with Gasteiger partial charge in [0.15, 0.2) is 0 Å². The number of aliphatic hydroxyl groups is 1. The van der Waals surface area contributed by atoms with Gasteiger partial charge in [0, 0.05) is 29.0 Å². The zero-order valence-corrected chi connectivity index (χ0v) is 16.0. The van der Waals surface area contributed by atoms with Gasteiger partial charge in [0.05, 0.1) is 11.2 Å². The Balaban J connectivity index is 1.90. The number of aromatic nitrogens is 3. The number of nitrogens with zero attached hydrogens (tertiary/aromatic N) is 2. The van der Waals surface area contributed by atoms with Gasteiger partial charge in [-0.3, -0.25) is 4.79 Å². The van der Waals surface area contributed by atoms with Crippen molar-refractivity contribution >= 4 is 22.5 Å². The van der Waals surface area contributed by atoms with Crippen LogP contribution in [0.25, 0.3) is 22.3 Å². The Morgan fingerprint density at radius 2 is 2.12 bits per heavy atom. The summed E-state index contributed by atoms with van der Waals surface area (Å²) in [5, 5.41) is 11.4. The summed E-state index contributed by atoms with van der Waals surface area (Å²) in [6, 6.07) is 7.46. The van der Waals surface area contributed by atoms with Crippen LogP contribution >= 0.6 is 11.6 Å². The molecule has 3 rings (SSSR count). The number of hydrogen-bond acceptors (Lipinski definition) is 3. The van der Waals surface area contributed by atoms with Crippen LogP contribution < -0.4 is 5.56 Å². The summed E-state index contributed by atoms with van der Waals surface area (Å²) in [6.45, 7) is 5.74. The minimum atomic E-state index is -0.658. The summed E-state index contributed by atoms with van der Waals surface area (Å²) in [5.74, 6) is 0.652. The van der Waals surface area contributed by atoms with Gasteiger partial charge in [-0.1, -0.05) is 17.7 Å². The second-order valence-corrected chi connectivity index (χ2v) is 7.89. The van der Waals surface area contributed by atoms with E-state index in [1.165, 1.54) is 0 Å². The number of pyridine rings is 1. The smallest absolute Gasteiger partial charge is 0.259 e. The van der Waals surface area contributed by atoms with Crippen LogP contribution in [0.3, 0.4) is 0 Å². The number of hydrogen-bond donors (Lipinski definition) is 2. The van der Waals surface area contributed by atoms with Gasteiger partial charge in [0.1, 0.15) is 5.82 Å². The van der Waals surface area contributed by atoms with Gasteiger partial charge in [-0.05, 0) is 63.6 Å². The predicted octanol–water partition coefficient (Wildman–Crippen LogP) is 4.55. The fourth-order valence-corrected chi connectivity index (χ4v) is 3.36. The van der Waals surface area contributed by atoms with E-state index in [1.54, 1.807) is 18.3 Å². The van der Waals surface area contributed by atoms with Crippen molar-refractivity contribution in [3.05, 3.63) is 52.0 Å². The molecule has 5 nitrogen and oxygen atoms in total. The lowest BCUT2D eigenvalue weighted by Gasteiger charge is -2.20. The Labute approximate surface area is 157 Å². The standard InChI is InChI=1S/C20H24ClN3O2/c1-13(5-4-8-20(2,3)26)24-10-9-22-18(24)16-11-14-6-7-15(21)12-17(14)23-19(16)25/h6-7,9-13,26H,4-5,8H2,1-3H3,(H,23,25). The SMILES string of the molecule is CC(CCCC(C)(C)O)n1ccnc1-c1cc2ccc(Cl)cc2[nH]c1=O. The van der Waals surface area contributed by atoms with E-state index in [0.29, 0.717) is 21.9 Å². The molecule has 0 aliphatic heterocycles. The van der Waals surface area contributed by atoms with Crippen LogP contribution in [0.4, 0.5) is 0 Å². The molecule has 0 bridgehead atoms. The molecule has 0 saturated carbocycles. The lowest BCUT2D eigenvalue weighted by Crippen LogP contribution is -2.19. The van der Waals surface area contributed by atoms with Gasteiger partial charge in [-0.2, -0.15) is 0 Å². The Morgan fingerprint density at radius 1 is 1.35 bits per heavy atom. The van der Waals surface area contributed by atoms with Crippen molar-refractivity contribution < 1.29 is 5.11 Å². The molecule has 2 heterocycles. The molecule has 0 radical (unpaired) electrons. The highest BCUT2D eigenvalue weighted by atomic mass is 35.5. The molecule has 1 unspecified atom stereocenters. The topological polar surface area (TPSA) is 70.9 Å². The summed E-state index contributed by atoms with van der Waals surface area (Å²) >= 11 is 6.00. The maximum Gasteiger partial charge on any atom is 0.259 e. The first kappa shape index (κ1) is 18.7. The van der Waals surface area contributed by atoms with Crippen LogP contribution in [0.5, 0.6) is 0 Å². The number of benzene rings is 1. The molecule has 0 spiro atoms. The van der Waals surface area contributed by atoms with Crippen LogP contribution in [0, 0.1) is 0 Å². The van der Waals surface area contributed by atoms with E-state index in [1.807, 2.05) is 36.7 Å². The molecular weight excluding hydrogens is 350 g/mol. The van der Waals surface area contributed by atoms with Crippen LogP contribution in [0.15, 0.2) is 41.5 Å². The number of nitrogens with one attached hydrogen (secondary N) is 1.